The third-order valence-electron chi connectivity index (χ3n) is 12.5. The van der Waals surface area contributed by atoms with Gasteiger partial charge in [0.25, 0.3) is 11.8 Å². The number of likely N-dealkylation sites (tertiary alicyclic amines) is 2. The number of hydrogen-bond donors (Lipinski definition) is 2. The van der Waals surface area contributed by atoms with Gasteiger partial charge in [-0.15, -0.1) is 0 Å². The maximum absolute atomic E-state index is 13.3. The summed E-state index contributed by atoms with van der Waals surface area (Å²) >= 11 is 0. The van der Waals surface area contributed by atoms with E-state index in [1.165, 1.54) is 6.33 Å². The number of nitrogens with zero attached hydrogens (tertiary/aromatic N) is 8. The number of nitrogen functional groups attached to an aromatic ring is 1. The average molecular weight is 781 g/mol. The van der Waals surface area contributed by atoms with Crippen molar-refractivity contribution in [2.24, 2.45) is 5.92 Å². The van der Waals surface area contributed by atoms with Crippen molar-refractivity contribution >= 4 is 46.2 Å². The molecule has 5 aromatic rings. The van der Waals surface area contributed by atoms with E-state index < -0.39 is 23.8 Å². The van der Waals surface area contributed by atoms with Gasteiger partial charge in [-0.25, -0.2) is 14.6 Å². The van der Waals surface area contributed by atoms with E-state index in [9.17, 15) is 19.2 Å². The third-order valence-corrected chi connectivity index (χ3v) is 12.5. The van der Waals surface area contributed by atoms with E-state index in [4.69, 9.17) is 15.6 Å². The Bertz CT molecular complexity index is 2420. The fraction of sp³-hybridized carbons (Fsp3) is 0.372. The molecule has 2 unspecified atom stereocenters. The standard InChI is InChI=1S/C43H44N10O5/c44-39-37-38(27-6-9-32(10-7-27)58-31-4-2-1-3-5-31)48-53(40(37)46-25-45-39)28-15-18-50(19-16-28)30-14-17-49(24-30)21-26-22-51(23-26)29-8-11-33-34(20-29)43(57)52(42(33)56)35-12-13-36(54)47-41(35)55/h1-11,20,25-26,28,30,35H,12-19,21-24H2,(H2,44,45,46)(H,47,54,55). The van der Waals surface area contributed by atoms with Gasteiger partial charge < -0.3 is 20.3 Å². The number of imide groups is 2. The van der Waals surface area contributed by atoms with Gasteiger partial charge in [-0.05, 0) is 86.8 Å². The van der Waals surface area contributed by atoms with Crippen LogP contribution >= 0.6 is 0 Å². The zero-order valence-electron chi connectivity index (χ0n) is 32.0. The first kappa shape index (κ1) is 36.2. The summed E-state index contributed by atoms with van der Waals surface area (Å²) in [6.45, 7) is 6.89. The lowest BCUT2D eigenvalue weighted by molar-refractivity contribution is -0.136. The zero-order chi connectivity index (χ0) is 39.5. The molecular weight excluding hydrogens is 737 g/mol. The van der Waals surface area contributed by atoms with Gasteiger partial charge in [-0.3, -0.25) is 34.3 Å². The number of para-hydroxylation sites is 1. The normalized spacial score (nSPS) is 22.1. The summed E-state index contributed by atoms with van der Waals surface area (Å²) < 4.78 is 8.08. The minimum Gasteiger partial charge on any atom is -0.457 e. The summed E-state index contributed by atoms with van der Waals surface area (Å²) in [5.74, 6) is 0.519. The molecule has 4 saturated heterocycles. The summed E-state index contributed by atoms with van der Waals surface area (Å²) in [6, 6.07) is 22.7. The van der Waals surface area contributed by atoms with E-state index in [1.807, 2.05) is 60.7 Å². The predicted molar refractivity (Wildman–Crippen MR) is 215 cm³/mol. The minimum atomic E-state index is -0.964. The molecule has 15 heteroatoms. The second-order valence-electron chi connectivity index (χ2n) is 16.1. The molecule has 5 aliphatic rings. The van der Waals surface area contributed by atoms with Gasteiger partial charge in [0, 0.05) is 68.9 Å². The maximum atomic E-state index is 13.3. The molecule has 5 aliphatic heterocycles. The van der Waals surface area contributed by atoms with Crippen LogP contribution in [0.2, 0.25) is 0 Å². The Balaban J connectivity index is 0.729. The number of carbonyl (C=O) groups is 4. The van der Waals surface area contributed by atoms with Crippen molar-refractivity contribution in [1.29, 1.82) is 0 Å². The molecule has 0 radical (unpaired) electrons. The molecule has 296 valence electrons. The average Bonchev–Trinajstić information content (AvgIpc) is 3.92. The molecule has 10 rings (SSSR count). The summed E-state index contributed by atoms with van der Waals surface area (Å²) in [5, 5.41) is 8.15. The largest absolute Gasteiger partial charge is 0.457 e. The fourth-order valence-corrected chi connectivity index (χ4v) is 9.45. The summed E-state index contributed by atoms with van der Waals surface area (Å²) in [5.41, 5.74) is 10.5. The monoisotopic (exact) mass is 780 g/mol. The Morgan fingerprint density at radius 1 is 0.776 bits per heavy atom. The molecule has 3 aromatic carbocycles. The van der Waals surface area contributed by atoms with Crippen LogP contribution < -0.4 is 20.7 Å². The SMILES string of the molecule is Nc1ncnc2c1c(-c1ccc(Oc3ccccc3)cc1)nn2C1CCN(C2CCN(CC3CN(c4ccc5c(c4)C(=O)N(C4CCC(=O)NC4=O)C5=O)C3)C2)CC1. The molecule has 4 fully saturated rings. The van der Waals surface area contributed by atoms with Crippen LogP contribution in [0.3, 0.4) is 0 Å². The number of benzene rings is 3. The lowest BCUT2D eigenvalue weighted by atomic mass is 9.97. The van der Waals surface area contributed by atoms with E-state index in [1.54, 1.807) is 12.1 Å². The van der Waals surface area contributed by atoms with E-state index in [2.05, 4.69) is 34.7 Å². The lowest BCUT2D eigenvalue weighted by Gasteiger charge is -2.43. The van der Waals surface area contributed by atoms with Gasteiger partial charge in [-0.2, -0.15) is 5.10 Å². The van der Waals surface area contributed by atoms with Crippen LogP contribution in [0.1, 0.15) is 58.9 Å². The first-order valence-corrected chi connectivity index (χ1v) is 20.2. The number of nitrogens with two attached hydrogens (primary N) is 1. The Kier molecular flexibility index (Phi) is 9.13. The van der Waals surface area contributed by atoms with E-state index in [-0.39, 0.29) is 24.8 Å². The number of rotatable bonds is 9. The fourth-order valence-electron chi connectivity index (χ4n) is 9.45. The molecule has 0 bridgehead atoms. The van der Waals surface area contributed by atoms with Crippen LogP contribution in [0.15, 0.2) is 79.1 Å². The molecule has 58 heavy (non-hydrogen) atoms. The van der Waals surface area contributed by atoms with E-state index >= 15 is 0 Å². The first-order chi connectivity index (χ1) is 28.3. The number of aromatic nitrogens is 4. The van der Waals surface area contributed by atoms with Crippen LogP contribution in [0.4, 0.5) is 11.5 Å². The van der Waals surface area contributed by atoms with Crippen LogP contribution in [-0.2, 0) is 9.59 Å². The number of piperidine rings is 2. The zero-order valence-corrected chi connectivity index (χ0v) is 32.0. The van der Waals surface area contributed by atoms with Gasteiger partial charge in [0.2, 0.25) is 11.8 Å². The van der Waals surface area contributed by atoms with Crippen LogP contribution in [0.5, 0.6) is 11.5 Å². The number of anilines is 2. The maximum Gasteiger partial charge on any atom is 0.262 e. The van der Waals surface area contributed by atoms with Crippen LogP contribution in [-0.4, -0.2) is 116 Å². The minimum absolute atomic E-state index is 0.0988. The number of carbonyl (C=O) groups excluding carboxylic acids is 4. The van der Waals surface area contributed by atoms with Gasteiger partial charge in [0.05, 0.1) is 22.6 Å². The van der Waals surface area contributed by atoms with Crippen LogP contribution in [0, 0.1) is 5.92 Å². The van der Waals surface area contributed by atoms with Gasteiger partial charge in [0.15, 0.2) is 5.65 Å². The summed E-state index contributed by atoms with van der Waals surface area (Å²) in [4.78, 5) is 68.0. The van der Waals surface area contributed by atoms with E-state index in [0.717, 1.165) is 109 Å². The van der Waals surface area contributed by atoms with E-state index in [0.29, 0.717) is 28.9 Å². The number of amides is 4. The number of ether oxygens (including phenoxy) is 1. The smallest absolute Gasteiger partial charge is 0.262 e. The Morgan fingerprint density at radius 3 is 2.29 bits per heavy atom. The Hall–Kier alpha value is -6.19. The topological polar surface area (TPSA) is 172 Å². The molecule has 0 aliphatic carbocycles. The van der Waals surface area contributed by atoms with Gasteiger partial charge in [0.1, 0.15) is 35.4 Å². The van der Waals surface area contributed by atoms with Crippen molar-refractivity contribution < 1.29 is 23.9 Å². The molecule has 15 nitrogen and oxygen atoms in total. The van der Waals surface area contributed by atoms with Crippen molar-refractivity contribution in [3.05, 3.63) is 90.3 Å². The number of nitrogens with one attached hydrogen (secondary N) is 1. The molecule has 3 N–H and O–H groups in total. The Labute approximate surface area is 334 Å². The molecule has 0 saturated carbocycles. The molecule has 7 heterocycles. The molecular formula is C43H44N10O5. The first-order valence-electron chi connectivity index (χ1n) is 20.2. The third kappa shape index (κ3) is 6.53. The van der Waals surface area contributed by atoms with Crippen molar-refractivity contribution in [2.45, 2.75) is 50.2 Å². The van der Waals surface area contributed by atoms with Crippen molar-refractivity contribution in [1.82, 2.24) is 39.8 Å². The molecule has 4 amide bonds. The number of fused-ring (bicyclic) bond motifs is 2. The van der Waals surface area contributed by atoms with Gasteiger partial charge in [-0.1, -0.05) is 18.2 Å². The van der Waals surface area contributed by atoms with Crippen LogP contribution in [0.25, 0.3) is 22.3 Å². The van der Waals surface area contributed by atoms with Crippen molar-refractivity contribution in [3.8, 4) is 22.8 Å². The quantitative estimate of drug-likeness (QED) is 0.206. The molecule has 2 aromatic heterocycles. The highest BCUT2D eigenvalue weighted by atomic mass is 16.5. The van der Waals surface area contributed by atoms with Crippen molar-refractivity contribution in [2.75, 3.05) is 56.4 Å². The van der Waals surface area contributed by atoms with Gasteiger partial charge >= 0.3 is 0 Å². The molecule has 2 atom stereocenters. The number of hydrogen-bond acceptors (Lipinski definition) is 12. The Morgan fingerprint density at radius 2 is 1.52 bits per heavy atom. The summed E-state index contributed by atoms with van der Waals surface area (Å²) in [7, 11) is 0. The molecule has 0 spiro atoms. The lowest BCUT2D eigenvalue weighted by Crippen LogP contribution is -2.54. The van der Waals surface area contributed by atoms with Crippen molar-refractivity contribution in [3.63, 3.8) is 0 Å². The highest BCUT2D eigenvalue weighted by molar-refractivity contribution is 6.23. The predicted octanol–water partition coefficient (Wildman–Crippen LogP) is 4.12. The second kappa shape index (κ2) is 14.6. The highest BCUT2D eigenvalue weighted by Crippen LogP contribution is 2.37. The second-order valence-corrected chi connectivity index (χ2v) is 16.1. The summed E-state index contributed by atoms with van der Waals surface area (Å²) in [6.07, 6.45) is 4.85. The highest BCUT2D eigenvalue weighted by Gasteiger charge is 2.45.